The maximum Gasteiger partial charge on any atom is 0.223 e. The number of aromatic nitrogens is 2. The molecular formula is C12H21N3O. The zero-order valence-corrected chi connectivity index (χ0v) is 10.7. The van der Waals surface area contributed by atoms with Gasteiger partial charge in [0.25, 0.3) is 0 Å². The third-order valence-electron chi connectivity index (χ3n) is 1.92. The fraction of sp³-hybridized carbons (Fsp3) is 0.667. The van der Waals surface area contributed by atoms with E-state index >= 15 is 0 Å². The van der Waals surface area contributed by atoms with Crippen LogP contribution in [0.15, 0.2) is 6.20 Å². The van der Waals surface area contributed by atoms with Crippen molar-refractivity contribution in [3.8, 4) is 5.75 Å². The largest absolute Gasteiger partial charge is 0.490 e. The predicted molar refractivity (Wildman–Crippen MR) is 65.9 cm³/mol. The third kappa shape index (κ3) is 4.04. The zero-order chi connectivity index (χ0) is 12.1. The van der Waals surface area contributed by atoms with Crippen LogP contribution < -0.4 is 10.1 Å². The van der Waals surface area contributed by atoms with Gasteiger partial charge in [0.2, 0.25) is 5.95 Å². The van der Waals surface area contributed by atoms with E-state index in [1.54, 1.807) is 6.20 Å². The Balaban J connectivity index is 2.67. The Labute approximate surface area is 97.5 Å². The van der Waals surface area contributed by atoms with Gasteiger partial charge in [0.1, 0.15) is 0 Å². The highest BCUT2D eigenvalue weighted by molar-refractivity contribution is 5.33. The van der Waals surface area contributed by atoms with E-state index in [2.05, 4.69) is 43.0 Å². The van der Waals surface area contributed by atoms with Crippen molar-refractivity contribution >= 4 is 5.95 Å². The molecule has 0 aliphatic heterocycles. The molecule has 0 saturated carbocycles. The number of hydrogen-bond acceptors (Lipinski definition) is 4. The summed E-state index contributed by atoms with van der Waals surface area (Å²) in [6, 6.07) is 0.335. The number of rotatable bonds is 5. The highest BCUT2D eigenvalue weighted by atomic mass is 16.5. The van der Waals surface area contributed by atoms with E-state index in [-0.39, 0.29) is 0 Å². The first-order valence-corrected chi connectivity index (χ1v) is 5.72. The topological polar surface area (TPSA) is 47.0 Å². The second-order valence-electron chi connectivity index (χ2n) is 4.65. The molecule has 0 fully saturated rings. The molecule has 1 heterocycles. The summed E-state index contributed by atoms with van der Waals surface area (Å²) >= 11 is 0. The van der Waals surface area contributed by atoms with Crippen LogP contribution in [0.4, 0.5) is 5.95 Å². The van der Waals surface area contributed by atoms with Crippen LogP contribution in [0.2, 0.25) is 0 Å². The highest BCUT2D eigenvalue weighted by Gasteiger charge is 2.05. The van der Waals surface area contributed by atoms with Crippen LogP contribution in [0.5, 0.6) is 5.75 Å². The lowest BCUT2D eigenvalue weighted by Crippen LogP contribution is -2.13. The first-order chi connectivity index (χ1) is 7.49. The molecule has 0 amide bonds. The Hall–Kier alpha value is -1.32. The van der Waals surface area contributed by atoms with Gasteiger partial charge in [0.15, 0.2) is 5.75 Å². The molecule has 1 aromatic heterocycles. The van der Waals surface area contributed by atoms with E-state index in [1.807, 2.05) is 6.92 Å². The molecule has 90 valence electrons. The van der Waals surface area contributed by atoms with Crippen LogP contribution in [0.3, 0.4) is 0 Å². The summed E-state index contributed by atoms with van der Waals surface area (Å²) < 4.78 is 5.61. The first kappa shape index (κ1) is 12.7. The Morgan fingerprint density at radius 3 is 2.50 bits per heavy atom. The Kier molecular flexibility index (Phi) is 4.52. The van der Waals surface area contributed by atoms with E-state index < -0.39 is 0 Å². The molecule has 4 nitrogen and oxygen atoms in total. The molecule has 0 spiro atoms. The van der Waals surface area contributed by atoms with Crippen molar-refractivity contribution in [1.29, 1.82) is 0 Å². The molecule has 0 saturated heterocycles. The van der Waals surface area contributed by atoms with Crippen LogP contribution in [0.25, 0.3) is 0 Å². The molecule has 0 aliphatic rings. The lowest BCUT2D eigenvalue weighted by atomic mass is 10.2. The molecule has 4 heteroatoms. The van der Waals surface area contributed by atoms with Crippen molar-refractivity contribution in [1.82, 2.24) is 9.97 Å². The summed E-state index contributed by atoms with van der Waals surface area (Å²) in [5, 5.41) is 3.16. The minimum atomic E-state index is 0.335. The number of ether oxygens (including phenoxy) is 1. The molecule has 0 bridgehead atoms. The van der Waals surface area contributed by atoms with Gasteiger partial charge in [0, 0.05) is 6.04 Å². The van der Waals surface area contributed by atoms with Crippen LogP contribution in [-0.2, 0) is 0 Å². The second kappa shape index (κ2) is 5.68. The van der Waals surface area contributed by atoms with E-state index in [0.29, 0.717) is 24.5 Å². The van der Waals surface area contributed by atoms with Crippen LogP contribution in [-0.4, -0.2) is 22.6 Å². The van der Waals surface area contributed by atoms with E-state index in [1.165, 1.54) is 0 Å². The highest BCUT2D eigenvalue weighted by Crippen LogP contribution is 2.16. The van der Waals surface area contributed by atoms with Gasteiger partial charge in [-0.15, -0.1) is 0 Å². The number of nitrogens with zero attached hydrogens (tertiary/aromatic N) is 2. The molecule has 0 aromatic carbocycles. The molecule has 0 atom stereocenters. The monoisotopic (exact) mass is 223 g/mol. The van der Waals surface area contributed by atoms with Crippen LogP contribution in [0, 0.1) is 12.8 Å². The minimum absolute atomic E-state index is 0.335. The fourth-order valence-electron chi connectivity index (χ4n) is 1.18. The number of nitrogens with one attached hydrogen (secondary N) is 1. The van der Waals surface area contributed by atoms with Crippen LogP contribution >= 0.6 is 0 Å². The van der Waals surface area contributed by atoms with Gasteiger partial charge in [-0.25, -0.2) is 9.97 Å². The fourth-order valence-corrected chi connectivity index (χ4v) is 1.18. The average molecular weight is 223 g/mol. The summed E-state index contributed by atoms with van der Waals surface area (Å²) in [5.41, 5.74) is 0.874. The summed E-state index contributed by atoms with van der Waals surface area (Å²) in [6.45, 7) is 11.0. The molecule has 0 unspecified atom stereocenters. The van der Waals surface area contributed by atoms with Gasteiger partial charge in [0.05, 0.1) is 18.5 Å². The zero-order valence-electron chi connectivity index (χ0n) is 10.7. The molecule has 1 rings (SSSR count). The van der Waals surface area contributed by atoms with Crippen molar-refractivity contribution in [2.75, 3.05) is 11.9 Å². The average Bonchev–Trinajstić information content (AvgIpc) is 2.15. The van der Waals surface area contributed by atoms with Gasteiger partial charge in [-0.05, 0) is 26.7 Å². The van der Waals surface area contributed by atoms with Crippen molar-refractivity contribution in [2.45, 2.75) is 40.7 Å². The minimum Gasteiger partial charge on any atom is -0.490 e. The second-order valence-corrected chi connectivity index (χ2v) is 4.65. The molecular weight excluding hydrogens is 202 g/mol. The lowest BCUT2D eigenvalue weighted by Gasteiger charge is -2.12. The van der Waals surface area contributed by atoms with Crippen LogP contribution in [0.1, 0.15) is 33.4 Å². The van der Waals surface area contributed by atoms with Gasteiger partial charge in [-0.3, -0.25) is 0 Å². The van der Waals surface area contributed by atoms with Gasteiger partial charge in [-0.1, -0.05) is 13.8 Å². The lowest BCUT2D eigenvalue weighted by molar-refractivity contribution is 0.267. The quantitative estimate of drug-likeness (QED) is 0.833. The summed E-state index contributed by atoms with van der Waals surface area (Å²) in [4.78, 5) is 8.55. The van der Waals surface area contributed by atoms with E-state index in [9.17, 15) is 0 Å². The van der Waals surface area contributed by atoms with Crippen molar-refractivity contribution in [3.05, 3.63) is 11.9 Å². The van der Waals surface area contributed by atoms with Gasteiger partial charge in [-0.2, -0.15) is 0 Å². The molecule has 1 aromatic rings. The first-order valence-electron chi connectivity index (χ1n) is 5.72. The van der Waals surface area contributed by atoms with Crippen molar-refractivity contribution in [2.24, 2.45) is 5.92 Å². The Bertz CT molecular complexity index is 337. The standard InChI is InChI=1S/C12H21N3O/c1-8(2)7-16-11-6-13-12(14-9(3)4)15-10(11)5/h6,8-9H,7H2,1-5H3,(H,13,14,15). The maximum atomic E-state index is 5.61. The normalized spacial score (nSPS) is 10.9. The SMILES string of the molecule is Cc1nc(NC(C)C)ncc1OCC(C)C. The molecule has 0 radical (unpaired) electrons. The molecule has 0 aliphatic carbocycles. The summed E-state index contributed by atoms with van der Waals surface area (Å²) in [7, 11) is 0. The number of hydrogen-bond donors (Lipinski definition) is 1. The predicted octanol–water partition coefficient (Wildman–Crippen LogP) is 2.64. The van der Waals surface area contributed by atoms with Crippen molar-refractivity contribution in [3.63, 3.8) is 0 Å². The smallest absolute Gasteiger partial charge is 0.223 e. The van der Waals surface area contributed by atoms with E-state index in [4.69, 9.17) is 4.74 Å². The van der Waals surface area contributed by atoms with Crippen molar-refractivity contribution < 1.29 is 4.74 Å². The Morgan fingerprint density at radius 2 is 2.00 bits per heavy atom. The summed E-state index contributed by atoms with van der Waals surface area (Å²) in [5.74, 6) is 1.93. The number of anilines is 1. The molecule has 16 heavy (non-hydrogen) atoms. The third-order valence-corrected chi connectivity index (χ3v) is 1.92. The Morgan fingerprint density at radius 1 is 1.31 bits per heavy atom. The number of aryl methyl sites for hydroxylation is 1. The summed E-state index contributed by atoms with van der Waals surface area (Å²) in [6.07, 6.45) is 1.73. The molecule has 1 N–H and O–H groups in total. The van der Waals surface area contributed by atoms with Gasteiger partial charge < -0.3 is 10.1 Å². The van der Waals surface area contributed by atoms with Gasteiger partial charge >= 0.3 is 0 Å². The maximum absolute atomic E-state index is 5.61. The van der Waals surface area contributed by atoms with E-state index in [0.717, 1.165) is 11.4 Å².